The summed E-state index contributed by atoms with van der Waals surface area (Å²) in [5.41, 5.74) is 1.25. The fraction of sp³-hybridized carbons (Fsp3) is 0. The van der Waals surface area contributed by atoms with Crippen molar-refractivity contribution in [1.82, 2.24) is 14.6 Å². The Bertz CT molecular complexity index is 642. The Kier molecular flexibility index (Phi) is 2.04. The predicted molar refractivity (Wildman–Crippen MR) is 61.7 cm³/mol. The first-order valence-electron chi connectivity index (χ1n) is 4.73. The Labute approximate surface area is 95.2 Å². The van der Waals surface area contributed by atoms with Crippen molar-refractivity contribution in [3.63, 3.8) is 0 Å². The summed E-state index contributed by atoms with van der Waals surface area (Å²) < 4.78 is 1.76. The Morgan fingerprint density at radius 2 is 2.12 bits per heavy atom. The topological polar surface area (TPSA) is 47.3 Å². The number of nitrogens with zero attached hydrogens (tertiary/aromatic N) is 3. The summed E-state index contributed by atoms with van der Waals surface area (Å²) in [7, 11) is 0. The average Bonchev–Trinajstić information content (AvgIpc) is 2.96. The van der Waals surface area contributed by atoms with Gasteiger partial charge in [0.25, 0.3) is 0 Å². The van der Waals surface area contributed by atoms with Crippen molar-refractivity contribution in [2.24, 2.45) is 0 Å². The fourth-order valence-electron chi connectivity index (χ4n) is 1.62. The second-order valence-electron chi connectivity index (χ2n) is 3.26. The average molecular weight is 229 g/mol. The number of aromatic nitrogens is 3. The van der Waals surface area contributed by atoms with Crippen LogP contribution in [0.4, 0.5) is 0 Å². The molecule has 3 aromatic rings. The van der Waals surface area contributed by atoms with E-state index in [-0.39, 0.29) is 0 Å². The Hall–Kier alpha value is -2.01. The molecule has 0 bridgehead atoms. The summed E-state index contributed by atoms with van der Waals surface area (Å²) in [5.74, 6) is 0.715. The molecule has 3 rings (SSSR count). The van der Waals surface area contributed by atoms with Crippen molar-refractivity contribution >= 4 is 23.3 Å². The Morgan fingerprint density at radius 1 is 1.19 bits per heavy atom. The lowest BCUT2D eigenvalue weighted by molar-refractivity contribution is 0.111. The van der Waals surface area contributed by atoms with Crippen LogP contribution in [0.15, 0.2) is 35.7 Å². The Balaban J connectivity index is 2.38. The van der Waals surface area contributed by atoms with Crippen LogP contribution in [0.2, 0.25) is 0 Å². The van der Waals surface area contributed by atoms with Crippen molar-refractivity contribution < 1.29 is 4.79 Å². The number of rotatable bonds is 2. The summed E-state index contributed by atoms with van der Waals surface area (Å²) in [6.45, 7) is 0. The van der Waals surface area contributed by atoms with Crippen LogP contribution in [0.5, 0.6) is 0 Å². The number of carbonyl (C=O) groups excluding carboxylic acids is 1. The fourth-order valence-corrected chi connectivity index (χ4v) is 2.32. The largest absolute Gasteiger partial charge is 0.296 e. The molecule has 0 saturated carbocycles. The molecule has 4 nitrogen and oxygen atoms in total. The van der Waals surface area contributed by atoms with E-state index in [4.69, 9.17) is 0 Å². The molecule has 0 atom stereocenters. The van der Waals surface area contributed by atoms with E-state index in [0.29, 0.717) is 17.2 Å². The van der Waals surface area contributed by atoms with E-state index in [1.807, 2.05) is 23.6 Å². The maximum absolute atomic E-state index is 11.0. The minimum Gasteiger partial charge on any atom is -0.296 e. The number of thiophene rings is 1. The van der Waals surface area contributed by atoms with Crippen molar-refractivity contribution in [3.05, 3.63) is 41.4 Å². The molecule has 0 saturated heterocycles. The molecule has 0 N–H and O–H groups in total. The van der Waals surface area contributed by atoms with E-state index in [1.54, 1.807) is 27.9 Å². The van der Waals surface area contributed by atoms with Crippen LogP contribution in [0.3, 0.4) is 0 Å². The smallest absolute Gasteiger partial charge is 0.179 e. The van der Waals surface area contributed by atoms with Gasteiger partial charge in [-0.3, -0.25) is 9.20 Å². The highest BCUT2D eigenvalue weighted by atomic mass is 32.1. The summed E-state index contributed by atoms with van der Waals surface area (Å²) in [4.78, 5) is 12.0. The number of aldehydes is 1. The summed E-state index contributed by atoms with van der Waals surface area (Å²) in [6, 6.07) is 9.29. The second-order valence-corrected chi connectivity index (χ2v) is 4.21. The molecule has 3 aromatic heterocycles. The lowest BCUT2D eigenvalue weighted by atomic mass is 10.3. The number of hydrogen-bond acceptors (Lipinski definition) is 4. The van der Waals surface area contributed by atoms with Crippen LogP contribution in [0.1, 0.15) is 10.5 Å². The first-order chi connectivity index (χ1) is 7.90. The van der Waals surface area contributed by atoms with Gasteiger partial charge in [0.1, 0.15) is 0 Å². The van der Waals surface area contributed by atoms with Crippen LogP contribution in [-0.2, 0) is 0 Å². The van der Waals surface area contributed by atoms with Crippen LogP contribution in [-0.4, -0.2) is 20.9 Å². The lowest BCUT2D eigenvalue weighted by Crippen LogP contribution is -1.96. The monoisotopic (exact) mass is 229 g/mol. The van der Waals surface area contributed by atoms with Crippen LogP contribution >= 0.6 is 11.3 Å². The van der Waals surface area contributed by atoms with E-state index in [2.05, 4.69) is 10.2 Å². The first-order valence-corrected chi connectivity index (χ1v) is 5.61. The summed E-state index contributed by atoms with van der Waals surface area (Å²) in [5, 5.41) is 10.1. The predicted octanol–water partition coefficient (Wildman–Crippen LogP) is 2.27. The third kappa shape index (κ3) is 1.25. The number of fused-ring (bicyclic) bond motifs is 1. The van der Waals surface area contributed by atoms with Crippen molar-refractivity contribution in [2.75, 3.05) is 0 Å². The zero-order valence-electron chi connectivity index (χ0n) is 8.20. The molecule has 0 aliphatic rings. The highest BCUT2D eigenvalue weighted by molar-refractivity contribution is 7.13. The number of carbonyl (C=O) groups is 1. The molecular weight excluding hydrogens is 222 g/mol. The molecule has 3 heterocycles. The van der Waals surface area contributed by atoms with E-state index >= 15 is 0 Å². The van der Waals surface area contributed by atoms with Gasteiger partial charge in [-0.2, -0.15) is 0 Å². The highest BCUT2D eigenvalue weighted by Gasteiger charge is 2.11. The maximum atomic E-state index is 11.0. The normalized spacial score (nSPS) is 10.8. The van der Waals surface area contributed by atoms with Gasteiger partial charge in [0.05, 0.1) is 10.6 Å². The maximum Gasteiger partial charge on any atom is 0.179 e. The van der Waals surface area contributed by atoms with Crippen molar-refractivity contribution in [3.8, 4) is 10.7 Å². The van der Waals surface area contributed by atoms with Gasteiger partial charge < -0.3 is 0 Å². The van der Waals surface area contributed by atoms with Gasteiger partial charge in [0.2, 0.25) is 0 Å². The van der Waals surface area contributed by atoms with Gasteiger partial charge in [-0.05, 0) is 23.6 Å². The zero-order valence-corrected chi connectivity index (χ0v) is 9.02. The van der Waals surface area contributed by atoms with Gasteiger partial charge in [-0.15, -0.1) is 21.5 Å². The molecule has 0 aliphatic heterocycles. The number of pyridine rings is 1. The molecule has 0 unspecified atom stereocenters. The third-order valence-corrected chi connectivity index (χ3v) is 3.19. The quantitative estimate of drug-likeness (QED) is 0.633. The molecule has 0 fully saturated rings. The highest BCUT2D eigenvalue weighted by Crippen LogP contribution is 2.23. The van der Waals surface area contributed by atoms with Crippen LogP contribution in [0, 0.1) is 0 Å². The van der Waals surface area contributed by atoms with Crippen LogP contribution in [0.25, 0.3) is 16.3 Å². The first kappa shape index (κ1) is 9.23. The van der Waals surface area contributed by atoms with Gasteiger partial charge >= 0.3 is 0 Å². The summed E-state index contributed by atoms with van der Waals surface area (Å²) >= 11 is 1.58. The molecule has 5 heteroatoms. The van der Waals surface area contributed by atoms with E-state index in [0.717, 1.165) is 11.2 Å². The molecule has 0 radical (unpaired) electrons. The van der Waals surface area contributed by atoms with Gasteiger partial charge in [0, 0.05) is 0 Å². The molecule has 78 valence electrons. The molecular formula is C11H7N3OS. The lowest BCUT2D eigenvalue weighted by Gasteiger charge is -1.99. The second kappa shape index (κ2) is 3.53. The van der Waals surface area contributed by atoms with E-state index in [1.165, 1.54) is 0 Å². The third-order valence-electron chi connectivity index (χ3n) is 2.32. The molecule has 0 aliphatic carbocycles. The molecule has 0 amide bonds. The zero-order chi connectivity index (χ0) is 11.0. The minimum absolute atomic E-state index is 0.561. The molecule has 0 spiro atoms. The van der Waals surface area contributed by atoms with Crippen molar-refractivity contribution in [2.45, 2.75) is 0 Å². The van der Waals surface area contributed by atoms with Crippen molar-refractivity contribution in [1.29, 1.82) is 0 Å². The molecule has 16 heavy (non-hydrogen) atoms. The van der Waals surface area contributed by atoms with E-state index < -0.39 is 0 Å². The number of hydrogen-bond donors (Lipinski definition) is 0. The standard InChI is InChI=1S/C11H7N3OS/c15-7-8-3-1-5-10-12-13-11(14(8)10)9-4-2-6-16-9/h1-7H. The summed E-state index contributed by atoms with van der Waals surface area (Å²) in [6.07, 6.45) is 0.813. The van der Waals surface area contributed by atoms with Gasteiger partial charge in [-0.25, -0.2) is 0 Å². The molecule has 0 aromatic carbocycles. The van der Waals surface area contributed by atoms with Gasteiger partial charge in [0.15, 0.2) is 17.8 Å². The van der Waals surface area contributed by atoms with Crippen LogP contribution < -0.4 is 0 Å². The SMILES string of the molecule is O=Cc1cccc2nnc(-c3cccs3)n12. The Morgan fingerprint density at radius 3 is 2.88 bits per heavy atom. The van der Waals surface area contributed by atoms with E-state index in [9.17, 15) is 4.79 Å². The van der Waals surface area contributed by atoms with Gasteiger partial charge in [-0.1, -0.05) is 12.1 Å². The minimum atomic E-state index is 0.561.